The van der Waals surface area contributed by atoms with Crippen molar-refractivity contribution in [1.29, 1.82) is 0 Å². The summed E-state index contributed by atoms with van der Waals surface area (Å²) in [7, 11) is 0. The van der Waals surface area contributed by atoms with Gasteiger partial charge in [0.1, 0.15) is 5.52 Å². The molecule has 0 amide bonds. The summed E-state index contributed by atoms with van der Waals surface area (Å²) in [6.07, 6.45) is 1.58. The smallest absolute Gasteiger partial charge is 0.210 e. The number of hydrogen-bond acceptors (Lipinski definition) is 4. The second kappa shape index (κ2) is 2.38. The molecule has 3 aromatic heterocycles. The van der Waals surface area contributed by atoms with Crippen molar-refractivity contribution in [2.24, 2.45) is 0 Å². The number of aromatic amines is 1. The summed E-state index contributed by atoms with van der Waals surface area (Å²) in [5.74, 6) is 0. The first-order valence-electron chi connectivity index (χ1n) is 4.04. The van der Waals surface area contributed by atoms with Gasteiger partial charge in [0.15, 0.2) is 5.65 Å². The molecule has 14 heavy (non-hydrogen) atoms. The predicted molar refractivity (Wildman–Crippen MR) is 48.9 cm³/mol. The summed E-state index contributed by atoms with van der Waals surface area (Å²) < 4.78 is 1.61. The first-order valence-corrected chi connectivity index (χ1v) is 4.04. The number of nitrogens with one attached hydrogen (secondary N) is 1. The van der Waals surface area contributed by atoms with Crippen molar-refractivity contribution in [3.05, 3.63) is 34.6 Å². The molecular formula is C8H5N5O. The van der Waals surface area contributed by atoms with E-state index in [-0.39, 0.29) is 5.43 Å². The summed E-state index contributed by atoms with van der Waals surface area (Å²) in [5, 5.41) is 10.0. The minimum atomic E-state index is -0.144. The highest BCUT2D eigenvalue weighted by molar-refractivity contribution is 5.76. The molecule has 0 atom stereocenters. The number of pyridine rings is 2. The summed E-state index contributed by atoms with van der Waals surface area (Å²) in [6.45, 7) is 0. The highest BCUT2D eigenvalue weighted by Crippen LogP contribution is 2.06. The number of aromatic nitrogens is 5. The Balaban J connectivity index is 2.74. The summed E-state index contributed by atoms with van der Waals surface area (Å²) in [4.78, 5) is 15.5. The van der Waals surface area contributed by atoms with Crippen molar-refractivity contribution < 1.29 is 0 Å². The van der Waals surface area contributed by atoms with Gasteiger partial charge in [0.25, 0.3) is 0 Å². The second-order valence-electron chi connectivity index (χ2n) is 2.87. The van der Waals surface area contributed by atoms with Gasteiger partial charge in [0.2, 0.25) is 5.43 Å². The molecule has 6 heteroatoms. The molecule has 0 aliphatic carbocycles. The Morgan fingerprint density at radius 3 is 3.29 bits per heavy atom. The lowest BCUT2D eigenvalue weighted by Crippen LogP contribution is -2.06. The zero-order valence-electron chi connectivity index (χ0n) is 7.01. The van der Waals surface area contributed by atoms with E-state index in [4.69, 9.17) is 0 Å². The molecule has 0 aromatic carbocycles. The zero-order chi connectivity index (χ0) is 9.54. The Labute approximate surface area is 77.2 Å². The van der Waals surface area contributed by atoms with Gasteiger partial charge in [0, 0.05) is 12.3 Å². The van der Waals surface area contributed by atoms with Gasteiger partial charge < -0.3 is 0 Å². The maximum atomic E-state index is 11.5. The maximum absolute atomic E-state index is 11.5. The van der Waals surface area contributed by atoms with Gasteiger partial charge in [-0.25, -0.2) is 4.52 Å². The number of nitrogens with zero attached hydrogens (tertiary/aromatic N) is 4. The highest BCUT2D eigenvalue weighted by atomic mass is 16.1. The van der Waals surface area contributed by atoms with Crippen molar-refractivity contribution in [2.75, 3.05) is 0 Å². The SMILES string of the molecule is O=c1cc2nn[nH]n2c2cccnc12. The molecule has 0 radical (unpaired) electrons. The van der Waals surface area contributed by atoms with E-state index < -0.39 is 0 Å². The average molecular weight is 187 g/mol. The standard InChI is InChI=1S/C8H5N5O/c14-6-4-7-10-11-12-13(7)5-2-1-3-9-8(5)6/h1-4H,(H,10,12). The molecule has 0 fully saturated rings. The Kier molecular flexibility index (Phi) is 1.22. The molecule has 0 saturated carbocycles. The van der Waals surface area contributed by atoms with Crippen LogP contribution in [0.25, 0.3) is 16.7 Å². The van der Waals surface area contributed by atoms with E-state index >= 15 is 0 Å². The number of fused-ring (bicyclic) bond motifs is 3. The van der Waals surface area contributed by atoms with Crippen LogP contribution < -0.4 is 5.43 Å². The quantitative estimate of drug-likeness (QED) is 0.536. The number of rotatable bonds is 0. The highest BCUT2D eigenvalue weighted by Gasteiger charge is 2.05. The van der Waals surface area contributed by atoms with Crippen molar-refractivity contribution in [2.45, 2.75) is 0 Å². The normalized spacial score (nSPS) is 11.1. The van der Waals surface area contributed by atoms with Gasteiger partial charge in [-0.15, -0.1) is 5.10 Å². The minimum absolute atomic E-state index is 0.144. The van der Waals surface area contributed by atoms with Crippen LogP contribution >= 0.6 is 0 Å². The van der Waals surface area contributed by atoms with E-state index in [0.717, 1.165) is 0 Å². The van der Waals surface area contributed by atoms with Gasteiger partial charge >= 0.3 is 0 Å². The molecule has 0 aliphatic heterocycles. The van der Waals surface area contributed by atoms with Crippen molar-refractivity contribution in [1.82, 2.24) is 25.0 Å². The van der Waals surface area contributed by atoms with Crippen LogP contribution in [0, 0.1) is 0 Å². The summed E-state index contributed by atoms with van der Waals surface area (Å²) in [5.41, 5.74) is 1.45. The Hall–Kier alpha value is -2.24. The van der Waals surface area contributed by atoms with Crippen LogP contribution in [0.3, 0.4) is 0 Å². The third-order valence-corrected chi connectivity index (χ3v) is 2.05. The van der Waals surface area contributed by atoms with Gasteiger partial charge in [-0.05, 0) is 12.1 Å². The lowest BCUT2D eigenvalue weighted by atomic mass is 10.3. The van der Waals surface area contributed by atoms with Crippen LogP contribution in [0.2, 0.25) is 0 Å². The molecule has 0 saturated heterocycles. The molecule has 1 N–H and O–H groups in total. The number of hydrogen-bond donors (Lipinski definition) is 1. The van der Waals surface area contributed by atoms with Crippen molar-refractivity contribution >= 4 is 16.7 Å². The van der Waals surface area contributed by atoms with Crippen LogP contribution in [0.5, 0.6) is 0 Å². The first-order chi connectivity index (χ1) is 6.86. The first kappa shape index (κ1) is 7.19. The molecule has 3 rings (SSSR count). The molecule has 0 unspecified atom stereocenters. The van der Waals surface area contributed by atoms with Crippen LogP contribution in [0.15, 0.2) is 29.2 Å². The van der Waals surface area contributed by atoms with Crippen molar-refractivity contribution in [3.8, 4) is 0 Å². The van der Waals surface area contributed by atoms with E-state index in [2.05, 4.69) is 20.5 Å². The minimum Gasteiger partial charge on any atom is -0.287 e. The lowest BCUT2D eigenvalue weighted by molar-refractivity contribution is 0.841. The fourth-order valence-electron chi connectivity index (χ4n) is 1.44. The summed E-state index contributed by atoms with van der Waals surface area (Å²) in [6, 6.07) is 4.95. The molecule has 0 aliphatic rings. The molecule has 3 aromatic rings. The van der Waals surface area contributed by atoms with Gasteiger partial charge in [-0.3, -0.25) is 9.78 Å². The average Bonchev–Trinajstić information content (AvgIpc) is 2.66. The molecular weight excluding hydrogens is 182 g/mol. The third-order valence-electron chi connectivity index (χ3n) is 2.05. The van der Waals surface area contributed by atoms with Crippen LogP contribution in [-0.4, -0.2) is 25.0 Å². The van der Waals surface area contributed by atoms with E-state index in [1.54, 1.807) is 22.8 Å². The van der Waals surface area contributed by atoms with Crippen LogP contribution in [-0.2, 0) is 0 Å². The predicted octanol–water partition coefficient (Wildman–Crippen LogP) is -0.0342. The second-order valence-corrected chi connectivity index (χ2v) is 2.87. The monoisotopic (exact) mass is 187 g/mol. The third kappa shape index (κ3) is 0.792. The van der Waals surface area contributed by atoms with Gasteiger partial charge in [0.05, 0.1) is 5.52 Å². The molecule has 0 bridgehead atoms. The maximum Gasteiger partial charge on any atom is 0.210 e. The van der Waals surface area contributed by atoms with E-state index in [1.807, 2.05) is 0 Å². The Bertz CT molecular complexity index is 668. The topological polar surface area (TPSA) is 75.9 Å². The fraction of sp³-hybridized carbons (Fsp3) is 0. The molecule has 3 heterocycles. The number of H-pyrrole nitrogens is 1. The number of tetrazole rings is 1. The molecule has 6 nitrogen and oxygen atoms in total. The molecule has 68 valence electrons. The summed E-state index contributed by atoms with van der Waals surface area (Å²) >= 11 is 0. The largest absolute Gasteiger partial charge is 0.287 e. The van der Waals surface area contributed by atoms with Gasteiger partial charge in [-0.1, -0.05) is 5.21 Å². The van der Waals surface area contributed by atoms with Gasteiger partial charge in [-0.2, -0.15) is 5.21 Å². The van der Waals surface area contributed by atoms with E-state index in [1.165, 1.54) is 6.07 Å². The van der Waals surface area contributed by atoms with E-state index in [9.17, 15) is 4.79 Å². The van der Waals surface area contributed by atoms with Crippen LogP contribution in [0.4, 0.5) is 0 Å². The lowest BCUT2D eigenvalue weighted by Gasteiger charge is -1.96. The zero-order valence-corrected chi connectivity index (χ0v) is 7.01. The fourth-order valence-corrected chi connectivity index (χ4v) is 1.44. The van der Waals surface area contributed by atoms with Crippen LogP contribution in [0.1, 0.15) is 0 Å². The van der Waals surface area contributed by atoms with E-state index in [0.29, 0.717) is 16.7 Å². The molecule has 0 spiro atoms. The Morgan fingerprint density at radius 2 is 2.36 bits per heavy atom. The Morgan fingerprint density at radius 1 is 1.43 bits per heavy atom. The van der Waals surface area contributed by atoms with Crippen molar-refractivity contribution in [3.63, 3.8) is 0 Å².